The topological polar surface area (TPSA) is 84.7 Å². The molecule has 3 aliphatic rings. The molecule has 0 spiro atoms. The highest BCUT2D eigenvalue weighted by Gasteiger charge is 2.50. The molecule has 2 fully saturated rings. The van der Waals surface area contributed by atoms with Crippen molar-refractivity contribution in [2.45, 2.75) is 25.5 Å². The maximum Gasteiger partial charge on any atom is 0.414 e. The number of hydrogen-bond acceptors (Lipinski definition) is 4. The molecule has 0 unspecified atom stereocenters. The van der Waals surface area contributed by atoms with Crippen LogP contribution in [0.15, 0.2) is 18.2 Å². The second-order valence-corrected chi connectivity index (χ2v) is 7.05. The predicted molar refractivity (Wildman–Crippen MR) is 90.2 cm³/mol. The fourth-order valence-electron chi connectivity index (χ4n) is 3.79. The van der Waals surface area contributed by atoms with E-state index in [1.54, 1.807) is 0 Å². The zero-order chi connectivity index (χ0) is 18.6. The summed E-state index contributed by atoms with van der Waals surface area (Å²) >= 11 is 0. The number of cyclic esters (lactones) is 1. The summed E-state index contributed by atoms with van der Waals surface area (Å²) in [5, 5.41) is 2.55. The fraction of sp³-hybridized carbons (Fsp3) is 0.444. The highest BCUT2D eigenvalue weighted by molar-refractivity contribution is 5.90. The maximum atomic E-state index is 14.6. The van der Waals surface area contributed by atoms with Crippen LogP contribution >= 0.6 is 0 Å². The van der Waals surface area contributed by atoms with Crippen LogP contribution in [-0.4, -0.2) is 37.2 Å². The third-order valence-corrected chi connectivity index (χ3v) is 5.25. The summed E-state index contributed by atoms with van der Waals surface area (Å²) in [7, 11) is 0. The number of ether oxygens (including phenoxy) is 1. The second-order valence-electron chi connectivity index (χ2n) is 7.05. The van der Waals surface area contributed by atoms with Crippen molar-refractivity contribution in [1.82, 2.24) is 5.32 Å². The van der Waals surface area contributed by atoms with Crippen molar-refractivity contribution < 1.29 is 23.1 Å². The molecule has 1 saturated carbocycles. The van der Waals surface area contributed by atoms with E-state index in [1.807, 2.05) is 6.08 Å². The first-order chi connectivity index (χ1) is 12.3. The Kier molecular flexibility index (Phi) is 3.95. The van der Waals surface area contributed by atoms with Gasteiger partial charge in [-0.05, 0) is 36.0 Å². The normalized spacial score (nSPS) is 29.3. The quantitative estimate of drug-likeness (QED) is 0.854. The molecule has 0 radical (unpaired) electrons. The summed E-state index contributed by atoms with van der Waals surface area (Å²) in [6, 6.07) is 2.39. The van der Waals surface area contributed by atoms with Crippen LogP contribution in [0.3, 0.4) is 0 Å². The number of carbonyl (C=O) groups excluding carboxylic acids is 2. The van der Waals surface area contributed by atoms with Gasteiger partial charge in [0.2, 0.25) is 5.91 Å². The Balaban J connectivity index is 1.53. The van der Waals surface area contributed by atoms with Gasteiger partial charge in [-0.1, -0.05) is 6.08 Å². The van der Waals surface area contributed by atoms with E-state index in [9.17, 15) is 18.4 Å². The summed E-state index contributed by atoms with van der Waals surface area (Å²) in [6.07, 6.45) is 1.16. The molecule has 6 nitrogen and oxygen atoms in total. The average molecular weight is 363 g/mol. The fourth-order valence-corrected chi connectivity index (χ4v) is 3.79. The van der Waals surface area contributed by atoms with E-state index in [1.165, 1.54) is 11.8 Å². The molecule has 4 atom stereocenters. The summed E-state index contributed by atoms with van der Waals surface area (Å²) in [4.78, 5) is 24.1. The number of hydrogen-bond donors (Lipinski definition) is 2. The molecule has 1 aromatic carbocycles. The largest absolute Gasteiger partial charge is 0.442 e. The van der Waals surface area contributed by atoms with E-state index in [0.29, 0.717) is 12.0 Å². The van der Waals surface area contributed by atoms with Crippen molar-refractivity contribution in [1.29, 1.82) is 0 Å². The van der Waals surface area contributed by atoms with Crippen LogP contribution in [0.2, 0.25) is 0 Å². The number of benzene rings is 1. The molecule has 8 heteroatoms. The van der Waals surface area contributed by atoms with Crippen LogP contribution in [-0.2, 0) is 9.53 Å². The number of rotatable bonds is 4. The van der Waals surface area contributed by atoms with Crippen molar-refractivity contribution in [3.8, 4) is 0 Å². The number of carbonyl (C=O) groups is 2. The van der Waals surface area contributed by atoms with Gasteiger partial charge in [-0.25, -0.2) is 13.6 Å². The average Bonchev–Trinajstić information content (AvgIpc) is 2.93. The number of halogens is 2. The molecule has 2 aliphatic carbocycles. The molecule has 2 amide bonds. The Labute approximate surface area is 149 Å². The molecule has 1 aliphatic heterocycles. The van der Waals surface area contributed by atoms with Gasteiger partial charge in [0.25, 0.3) is 0 Å². The number of anilines is 1. The van der Waals surface area contributed by atoms with Crippen LogP contribution in [0.4, 0.5) is 19.3 Å². The van der Waals surface area contributed by atoms with Crippen LogP contribution < -0.4 is 16.0 Å². The summed E-state index contributed by atoms with van der Waals surface area (Å²) < 4.78 is 34.3. The molecule has 1 saturated heterocycles. The second kappa shape index (κ2) is 6.05. The summed E-state index contributed by atoms with van der Waals surface area (Å²) in [6.45, 7) is 1.61. The number of nitrogens with zero attached hydrogens (tertiary/aromatic N) is 1. The third-order valence-electron chi connectivity index (χ3n) is 5.25. The number of allylic oxidation sites excluding steroid dienone is 1. The lowest BCUT2D eigenvalue weighted by molar-refractivity contribution is -0.119. The van der Waals surface area contributed by atoms with E-state index in [4.69, 9.17) is 10.5 Å². The first-order valence-electron chi connectivity index (χ1n) is 8.53. The molecular weight excluding hydrogens is 344 g/mol. The predicted octanol–water partition coefficient (Wildman–Crippen LogP) is 1.79. The Morgan fingerprint density at radius 1 is 1.38 bits per heavy atom. The van der Waals surface area contributed by atoms with Gasteiger partial charge in [-0.15, -0.1) is 0 Å². The highest BCUT2D eigenvalue weighted by Crippen LogP contribution is 2.52. The number of fused-ring (bicyclic) bond motifs is 1. The van der Waals surface area contributed by atoms with Gasteiger partial charge in [-0.2, -0.15) is 0 Å². The third kappa shape index (κ3) is 2.84. The van der Waals surface area contributed by atoms with E-state index >= 15 is 0 Å². The van der Waals surface area contributed by atoms with Crippen molar-refractivity contribution >= 4 is 23.3 Å². The first-order valence-corrected chi connectivity index (χ1v) is 8.53. The Hall–Kier alpha value is -2.48. The van der Waals surface area contributed by atoms with Crippen LogP contribution in [0, 0.1) is 23.5 Å². The lowest BCUT2D eigenvalue weighted by Gasteiger charge is -2.16. The van der Waals surface area contributed by atoms with Gasteiger partial charge in [0.1, 0.15) is 17.7 Å². The minimum absolute atomic E-state index is 0.0458. The molecule has 0 bridgehead atoms. The van der Waals surface area contributed by atoms with Crippen molar-refractivity contribution in [2.75, 3.05) is 18.0 Å². The van der Waals surface area contributed by atoms with E-state index in [2.05, 4.69) is 5.32 Å². The Bertz CT molecular complexity index is 803. The SMILES string of the molecule is CC(=O)NC[C@H]1CN(c2cc(F)c(C3=C[C@H]4[C@H](N)[C@H]4C3)c(F)c2)C(=O)O1. The van der Waals surface area contributed by atoms with Gasteiger partial charge in [-0.3, -0.25) is 9.69 Å². The minimum atomic E-state index is -0.709. The lowest BCUT2D eigenvalue weighted by Crippen LogP contribution is -2.33. The van der Waals surface area contributed by atoms with Gasteiger partial charge >= 0.3 is 6.09 Å². The zero-order valence-electron chi connectivity index (χ0n) is 14.2. The van der Waals surface area contributed by atoms with Crippen molar-refractivity contribution in [2.24, 2.45) is 17.6 Å². The Morgan fingerprint density at radius 3 is 2.65 bits per heavy atom. The molecule has 4 rings (SSSR count). The van der Waals surface area contributed by atoms with Crippen LogP contribution in [0.25, 0.3) is 5.57 Å². The van der Waals surface area contributed by atoms with E-state index in [0.717, 1.165) is 12.1 Å². The van der Waals surface area contributed by atoms with Gasteiger partial charge in [0, 0.05) is 18.5 Å². The lowest BCUT2D eigenvalue weighted by atomic mass is 10.0. The molecule has 1 heterocycles. The van der Waals surface area contributed by atoms with Gasteiger partial charge < -0.3 is 15.8 Å². The molecule has 138 valence electrons. The number of nitrogens with one attached hydrogen (secondary N) is 1. The van der Waals surface area contributed by atoms with Crippen molar-refractivity contribution in [3.05, 3.63) is 35.4 Å². The maximum absolute atomic E-state index is 14.6. The van der Waals surface area contributed by atoms with Crippen LogP contribution in [0.5, 0.6) is 0 Å². The monoisotopic (exact) mass is 363 g/mol. The number of nitrogens with two attached hydrogens (primary N) is 1. The zero-order valence-corrected chi connectivity index (χ0v) is 14.2. The van der Waals surface area contributed by atoms with Gasteiger partial charge in [0.15, 0.2) is 0 Å². The standard InChI is InChI=1S/C18H19F2N3O3/c1-8(24)22-6-11-7-23(18(25)26-11)10-4-14(19)16(15(20)5-10)9-2-12-13(3-9)17(12)21/h2,4-5,11-13,17H,3,6-7,21H2,1H3,(H,22,24)/t11-,12+,13-,17-/m0/s1. The summed E-state index contributed by atoms with van der Waals surface area (Å²) in [5.74, 6) is -1.17. The van der Waals surface area contributed by atoms with Crippen LogP contribution in [0.1, 0.15) is 18.9 Å². The molecule has 3 N–H and O–H groups in total. The smallest absolute Gasteiger partial charge is 0.414 e. The molecule has 1 aromatic rings. The van der Waals surface area contributed by atoms with Crippen molar-refractivity contribution in [3.63, 3.8) is 0 Å². The van der Waals surface area contributed by atoms with Gasteiger partial charge in [0.05, 0.1) is 18.8 Å². The molecular formula is C18H19F2N3O3. The molecule has 26 heavy (non-hydrogen) atoms. The highest BCUT2D eigenvalue weighted by atomic mass is 19.1. The first kappa shape index (κ1) is 17.0. The number of amides is 2. The van der Waals surface area contributed by atoms with E-state index < -0.39 is 23.8 Å². The molecule has 0 aromatic heterocycles. The Morgan fingerprint density at radius 2 is 2.08 bits per heavy atom. The summed E-state index contributed by atoms with van der Waals surface area (Å²) in [5.41, 5.74) is 6.54. The van der Waals surface area contributed by atoms with E-state index in [-0.39, 0.29) is 48.1 Å². The minimum Gasteiger partial charge on any atom is -0.442 e.